The van der Waals surface area contributed by atoms with Crippen LogP contribution in [-0.4, -0.2) is 18.4 Å². The van der Waals surface area contributed by atoms with Crippen molar-refractivity contribution in [2.75, 3.05) is 11.9 Å². The van der Waals surface area contributed by atoms with Crippen molar-refractivity contribution >= 4 is 29.1 Å². The predicted octanol–water partition coefficient (Wildman–Crippen LogP) is 1.23. The van der Waals surface area contributed by atoms with E-state index in [2.05, 4.69) is 10.6 Å². The number of halogens is 1. The lowest BCUT2D eigenvalue weighted by molar-refractivity contribution is -0.136. The van der Waals surface area contributed by atoms with E-state index in [0.29, 0.717) is 10.7 Å². The van der Waals surface area contributed by atoms with E-state index in [1.807, 2.05) is 0 Å². The van der Waals surface area contributed by atoms with Crippen LogP contribution in [-0.2, 0) is 9.59 Å². The Labute approximate surface area is 103 Å². The lowest BCUT2D eigenvalue weighted by atomic mass is 10.2. The zero-order chi connectivity index (χ0) is 12.8. The van der Waals surface area contributed by atoms with E-state index in [-0.39, 0.29) is 6.54 Å². The van der Waals surface area contributed by atoms with Crippen LogP contribution in [0.4, 0.5) is 5.69 Å². The minimum absolute atomic E-state index is 0.215. The summed E-state index contributed by atoms with van der Waals surface area (Å²) < 4.78 is 0. The van der Waals surface area contributed by atoms with Crippen molar-refractivity contribution in [3.63, 3.8) is 0 Å². The van der Waals surface area contributed by atoms with E-state index in [1.165, 1.54) is 0 Å². The Hall–Kier alpha value is -2.06. The third-order valence-corrected chi connectivity index (χ3v) is 2.31. The summed E-state index contributed by atoms with van der Waals surface area (Å²) in [5.74, 6) is -1.72. The summed E-state index contributed by atoms with van der Waals surface area (Å²) in [6.45, 7) is 1.54. The van der Waals surface area contributed by atoms with Crippen LogP contribution in [0.15, 0.2) is 18.2 Å². The van der Waals surface area contributed by atoms with Crippen LogP contribution in [0.25, 0.3) is 0 Å². The first kappa shape index (κ1) is 13.0. The zero-order valence-electron chi connectivity index (χ0n) is 9.08. The van der Waals surface area contributed by atoms with Crippen molar-refractivity contribution in [3.05, 3.63) is 28.8 Å². The van der Waals surface area contributed by atoms with Crippen LogP contribution in [0.5, 0.6) is 0 Å². The first-order valence-electron chi connectivity index (χ1n) is 4.77. The highest BCUT2D eigenvalue weighted by molar-refractivity contribution is 6.41. The van der Waals surface area contributed by atoms with Gasteiger partial charge in [0.2, 0.25) is 0 Å². The molecule has 88 valence electrons. The highest BCUT2D eigenvalue weighted by Crippen LogP contribution is 2.24. The Balaban J connectivity index is 2.75. The second kappa shape index (κ2) is 5.87. The van der Waals surface area contributed by atoms with Gasteiger partial charge in [0.25, 0.3) is 0 Å². The average molecular weight is 252 g/mol. The first-order valence-corrected chi connectivity index (χ1v) is 5.15. The van der Waals surface area contributed by atoms with Gasteiger partial charge in [-0.15, -0.1) is 0 Å². The minimum atomic E-state index is -0.870. The number of anilines is 1. The lowest BCUT2D eigenvalue weighted by Crippen LogP contribution is -2.35. The number of nitrogens with one attached hydrogen (secondary N) is 2. The molecule has 6 heteroatoms. The number of benzene rings is 1. The van der Waals surface area contributed by atoms with Crippen LogP contribution in [0.1, 0.15) is 5.56 Å². The lowest BCUT2D eigenvalue weighted by Gasteiger charge is -2.09. The number of para-hydroxylation sites is 1. The molecule has 5 nitrogen and oxygen atoms in total. The normalized spacial score (nSPS) is 9.24. The molecular weight excluding hydrogens is 242 g/mol. The zero-order valence-corrected chi connectivity index (χ0v) is 9.84. The molecule has 2 N–H and O–H groups in total. The first-order chi connectivity index (χ1) is 8.06. The predicted molar refractivity (Wildman–Crippen MR) is 63.4 cm³/mol. The number of hydrogen-bond donors (Lipinski definition) is 2. The molecule has 0 bridgehead atoms. The number of carbonyl (C=O) groups excluding carboxylic acids is 2. The van der Waals surface area contributed by atoms with Crippen molar-refractivity contribution in [1.82, 2.24) is 5.32 Å². The second-order valence-electron chi connectivity index (χ2n) is 3.23. The highest BCUT2D eigenvalue weighted by Gasteiger charge is 2.15. The van der Waals surface area contributed by atoms with Gasteiger partial charge in [0, 0.05) is 0 Å². The van der Waals surface area contributed by atoms with E-state index >= 15 is 0 Å². The van der Waals surface area contributed by atoms with Gasteiger partial charge in [-0.25, -0.2) is 0 Å². The fraction of sp³-hybridized carbons (Fsp3) is 0.182. The molecule has 0 fully saturated rings. The maximum atomic E-state index is 11.4. The molecule has 1 aromatic carbocycles. The molecule has 17 heavy (non-hydrogen) atoms. The van der Waals surface area contributed by atoms with E-state index in [0.717, 1.165) is 5.56 Å². The summed E-state index contributed by atoms with van der Waals surface area (Å²) >= 11 is 5.88. The van der Waals surface area contributed by atoms with Crippen molar-refractivity contribution in [1.29, 1.82) is 5.26 Å². The van der Waals surface area contributed by atoms with Crippen molar-refractivity contribution in [3.8, 4) is 6.07 Å². The van der Waals surface area contributed by atoms with Gasteiger partial charge in [0.05, 0.1) is 16.8 Å². The molecule has 0 heterocycles. The Morgan fingerprint density at radius 3 is 2.71 bits per heavy atom. The van der Waals surface area contributed by atoms with Gasteiger partial charge in [-0.2, -0.15) is 5.26 Å². The maximum Gasteiger partial charge on any atom is 0.313 e. The summed E-state index contributed by atoms with van der Waals surface area (Å²) in [6.07, 6.45) is 0. The Morgan fingerprint density at radius 2 is 2.12 bits per heavy atom. The summed E-state index contributed by atoms with van der Waals surface area (Å²) in [5, 5.41) is 13.1. The molecule has 0 atom stereocenters. The van der Waals surface area contributed by atoms with Crippen molar-refractivity contribution in [2.45, 2.75) is 6.92 Å². The van der Waals surface area contributed by atoms with Crippen LogP contribution < -0.4 is 10.6 Å². The molecule has 0 aliphatic carbocycles. The molecule has 0 aliphatic rings. The second-order valence-corrected chi connectivity index (χ2v) is 3.63. The molecule has 0 saturated carbocycles. The Morgan fingerprint density at radius 1 is 1.41 bits per heavy atom. The molecular formula is C11H10ClN3O2. The number of amides is 2. The average Bonchev–Trinajstić information content (AvgIpc) is 2.30. The molecule has 0 spiro atoms. The Kier molecular flexibility index (Phi) is 4.49. The third-order valence-electron chi connectivity index (χ3n) is 1.99. The van der Waals surface area contributed by atoms with Crippen LogP contribution in [0.2, 0.25) is 5.02 Å². The third kappa shape index (κ3) is 3.47. The van der Waals surface area contributed by atoms with Gasteiger partial charge in [-0.1, -0.05) is 23.7 Å². The van der Waals surface area contributed by atoms with Gasteiger partial charge < -0.3 is 10.6 Å². The molecule has 1 rings (SSSR count). The van der Waals surface area contributed by atoms with Gasteiger partial charge in [-0.05, 0) is 18.6 Å². The monoisotopic (exact) mass is 251 g/mol. The molecule has 1 aromatic rings. The minimum Gasteiger partial charge on any atom is -0.335 e. The van der Waals surface area contributed by atoms with Crippen LogP contribution in [0.3, 0.4) is 0 Å². The summed E-state index contributed by atoms with van der Waals surface area (Å²) in [6, 6.07) is 6.81. The fourth-order valence-electron chi connectivity index (χ4n) is 1.16. The van der Waals surface area contributed by atoms with Crippen LogP contribution in [0, 0.1) is 18.3 Å². The standard InChI is InChI=1S/C11H10ClN3O2/c1-7-3-2-4-8(12)9(7)15-11(17)10(16)14-6-5-13/h2-4H,6H2,1H3,(H,14,16)(H,15,17). The van der Waals surface area contributed by atoms with E-state index in [1.54, 1.807) is 31.2 Å². The molecule has 0 aromatic heterocycles. The summed E-state index contributed by atoms with van der Waals surface area (Å²) in [5.41, 5.74) is 1.14. The molecule has 0 radical (unpaired) electrons. The molecule has 0 saturated heterocycles. The fourth-order valence-corrected chi connectivity index (χ4v) is 1.43. The number of nitrogens with zero attached hydrogens (tertiary/aromatic N) is 1. The molecule has 2 amide bonds. The highest BCUT2D eigenvalue weighted by atomic mass is 35.5. The van der Waals surface area contributed by atoms with Gasteiger partial charge in [0.15, 0.2) is 0 Å². The van der Waals surface area contributed by atoms with E-state index < -0.39 is 11.8 Å². The summed E-state index contributed by atoms with van der Waals surface area (Å²) in [7, 11) is 0. The number of carbonyl (C=O) groups is 2. The maximum absolute atomic E-state index is 11.4. The smallest absolute Gasteiger partial charge is 0.313 e. The van der Waals surface area contributed by atoms with Crippen molar-refractivity contribution < 1.29 is 9.59 Å². The topological polar surface area (TPSA) is 82.0 Å². The largest absolute Gasteiger partial charge is 0.335 e. The van der Waals surface area contributed by atoms with Gasteiger partial charge in [-0.3, -0.25) is 9.59 Å². The number of aryl methyl sites for hydroxylation is 1. The number of rotatable bonds is 2. The SMILES string of the molecule is Cc1cccc(Cl)c1NC(=O)C(=O)NCC#N. The van der Waals surface area contributed by atoms with E-state index in [9.17, 15) is 9.59 Å². The van der Waals surface area contributed by atoms with E-state index in [4.69, 9.17) is 16.9 Å². The Bertz CT molecular complexity index is 474. The van der Waals surface area contributed by atoms with Crippen molar-refractivity contribution in [2.24, 2.45) is 0 Å². The van der Waals surface area contributed by atoms with Crippen LogP contribution >= 0.6 is 11.6 Å². The van der Waals surface area contributed by atoms with Gasteiger partial charge in [0.1, 0.15) is 6.54 Å². The molecule has 0 unspecified atom stereocenters. The number of nitriles is 1. The summed E-state index contributed by atoms with van der Waals surface area (Å²) in [4.78, 5) is 22.6. The quantitative estimate of drug-likeness (QED) is 0.613. The van der Waals surface area contributed by atoms with Gasteiger partial charge >= 0.3 is 11.8 Å². The number of hydrogen-bond acceptors (Lipinski definition) is 3. The molecule has 0 aliphatic heterocycles.